The Morgan fingerprint density at radius 2 is 1.88 bits per heavy atom. The van der Waals surface area contributed by atoms with Crippen LogP contribution >= 0.6 is 0 Å². The molecule has 1 aliphatic heterocycles. The number of nitrogens with zero attached hydrogens (tertiary/aromatic N) is 5. The van der Waals surface area contributed by atoms with Gasteiger partial charge in [0.2, 0.25) is 5.95 Å². The van der Waals surface area contributed by atoms with Crippen LogP contribution in [-0.2, 0) is 9.53 Å². The van der Waals surface area contributed by atoms with Crippen molar-refractivity contribution in [3.63, 3.8) is 0 Å². The number of aliphatic hydroxyl groups excluding tert-OH is 3. The van der Waals surface area contributed by atoms with Gasteiger partial charge in [0.15, 0.2) is 23.2 Å². The highest BCUT2D eigenvalue weighted by atomic mass is 16.6. The third-order valence-corrected chi connectivity index (χ3v) is 7.03. The minimum Gasteiger partial charge on any atom is -0.491 e. The number of unbranched alkanes of at least 4 members (excludes halogenated alkanes) is 1. The number of hydrogen-bond donors (Lipinski definition) is 5. The molecule has 0 bridgehead atoms. The smallest absolute Gasteiger partial charge is 0.303 e. The summed E-state index contributed by atoms with van der Waals surface area (Å²) < 4.78 is 13.5. The van der Waals surface area contributed by atoms with Crippen LogP contribution in [0.2, 0.25) is 0 Å². The van der Waals surface area contributed by atoms with E-state index in [1.807, 2.05) is 48.5 Å². The van der Waals surface area contributed by atoms with Gasteiger partial charge < -0.3 is 40.5 Å². The molecule has 2 aromatic heterocycles. The molecule has 0 unspecified atom stereocenters. The first-order chi connectivity index (χ1) is 19.8. The zero-order valence-corrected chi connectivity index (χ0v) is 22.4. The van der Waals surface area contributed by atoms with Crippen LogP contribution in [0.25, 0.3) is 22.3 Å². The second-order valence-electron chi connectivity index (χ2n) is 9.75. The maximum Gasteiger partial charge on any atom is 0.303 e. The van der Waals surface area contributed by atoms with E-state index < -0.39 is 37.1 Å². The molecule has 0 spiro atoms. The molecule has 0 aliphatic carbocycles. The standard InChI is InChI=1S/C28H32N6O7/c1-33(18-11-10-17(16-7-3-2-4-8-16)13-19(18)40-12-6-5-9-21(36)37)28-32-22-25(29)30-15-31-26(22)34(28)27-24(39)23(38)20(14-35)41-27/h2-4,7-8,10-11,13,15,20,23-24,27,35,38-39H,5-6,9,12,14H2,1H3,(H,36,37)(H2,29,30,31)/t20-,23-,24-,27-/m1/s1. The van der Waals surface area contributed by atoms with Gasteiger partial charge in [-0.25, -0.2) is 15.0 Å². The zero-order chi connectivity index (χ0) is 29.1. The minimum atomic E-state index is -1.39. The van der Waals surface area contributed by atoms with E-state index in [1.165, 1.54) is 10.9 Å². The molecule has 4 atom stereocenters. The Hall–Kier alpha value is -4.30. The molecule has 216 valence electrons. The topological polar surface area (TPSA) is 189 Å². The molecule has 13 nitrogen and oxygen atoms in total. The molecule has 1 saturated heterocycles. The second-order valence-corrected chi connectivity index (χ2v) is 9.75. The fraction of sp³-hybridized carbons (Fsp3) is 0.357. The number of aromatic nitrogens is 4. The fourth-order valence-electron chi connectivity index (χ4n) is 4.86. The molecule has 41 heavy (non-hydrogen) atoms. The van der Waals surface area contributed by atoms with Gasteiger partial charge >= 0.3 is 5.97 Å². The van der Waals surface area contributed by atoms with Gasteiger partial charge in [0.05, 0.1) is 18.9 Å². The molecule has 2 aromatic carbocycles. The zero-order valence-electron chi connectivity index (χ0n) is 22.4. The molecule has 1 fully saturated rings. The summed E-state index contributed by atoms with van der Waals surface area (Å²) in [6, 6.07) is 15.5. The van der Waals surface area contributed by atoms with Crippen molar-refractivity contribution in [1.82, 2.24) is 19.5 Å². The summed E-state index contributed by atoms with van der Waals surface area (Å²) in [5.41, 5.74) is 9.16. The van der Waals surface area contributed by atoms with Crippen molar-refractivity contribution in [3.8, 4) is 16.9 Å². The first-order valence-electron chi connectivity index (χ1n) is 13.2. The molecule has 6 N–H and O–H groups in total. The van der Waals surface area contributed by atoms with Crippen LogP contribution < -0.4 is 15.4 Å². The van der Waals surface area contributed by atoms with Crippen LogP contribution in [0.1, 0.15) is 25.5 Å². The van der Waals surface area contributed by atoms with Gasteiger partial charge in [0.25, 0.3) is 0 Å². The highest BCUT2D eigenvalue weighted by Gasteiger charge is 2.45. The summed E-state index contributed by atoms with van der Waals surface area (Å²) in [6.07, 6.45) is -2.55. The number of aliphatic hydroxyl groups is 3. The van der Waals surface area contributed by atoms with Crippen molar-refractivity contribution >= 4 is 34.6 Å². The van der Waals surface area contributed by atoms with Gasteiger partial charge in [-0.2, -0.15) is 0 Å². The summed E-state index contributed by atoms with van der Waals surface area (Å²) in [5.74, 6) is 0.0420. The molecule has 13 heteroatoms. The Kier molecular flexibility index (Phi) is 8.31. The first kappa shape index (κ1) is 28.2. The van der Waals surface area contributed by atoms with Gasteiger partial charge in [-0.1, -0.05) is 36.4 Å². The Bertz CT molecular complexity index is 1510. The monoisotopic (exact) mass is 564 g/mol. The van der Waals surface area contributed by atoms with E-state index in [-0.39, 0.29) is 36.0 Å². The van der Waals surface area contributed by atoms with E-state index in [0.717, 1.165) is 11.1 Å². The van der Waals surface area contributed by atoms with E-state index in [4.69, 9.17) is 20.3 Å². The molecule has 4 aromatic rings. The predicted molar refractivity (Wildman–Crippen MR) is 150 cm³/mol. The lowest BCUT2D eigenvalue weighted by molar-refractivity contribution is -0.137. The van der Waals surface area contributed by atoms with E-state index in [1.54, 1.807) is 11.9 Å². The Morgan fingerprint density at radius 1 is 1.10 bits per heavy atom. The maximum absolute atomic E-state index is 10.9. The van der Waals surface area contributed by atoms with E-state index >= 15 is 0 Å². The number of fused-ring (bicyclic) bond motifs is 1. The van der Waals surface area contributed by atoms with E-state index in [0.29, 0.717) is 24.3 Å². The van der Waals surface area contributed by atoms with Crippen molar-refractivity contribution in [2.75, 3.05) is 30.9 Å². The average Bonchev–Trinajstić information content (AvgIpc) is 3.50. The highest BCUT2D eigenvalue weighted by Crippen LogP contribution is 2.41. The lowest BCUT2D eigenvalue weighted by atomic mass is 10.0. The number of carboxylic acids is 1. The van der Waals surface area contributed by atoms with Crippen molar-refractivity contribution < 1.29 is 34.7 Å². The molecule has 0 radical (unpaired) electrons. The molecule has 5 rings (SSSR count). The number of ether oxygens (including phenoxy) is 2. The third kappa shape index (κ3) is 5.65. The van der Waals surface area contributed by atoms with Gasteiger partial charge in [0, 0.05) is 13.5 Å². The molecular formula is C28H32N6O7. The van der Waals surface area contributed by atoms with E-state index in [9.17, 15) is 20.1 Å². The molecule has 3 heterocycles. The number of aliphatic carboxylic acids is 1. The summed E-state index contributed by atoms with van der Waals surface area (Å²) >= 11 is 0. The van der Waals surface area contributed by atoms with Crippen LogP contribution in [-0.4, -0.2) is 84.5 Å². The number of hydrogen-bond acceptors (Lipinski definition) is 11. The Morgan fingerprint density at radius 3 is 2.59 bits per heavy atom. The Labute approximate surface area is 235 Å². The third-order valence-electron chi connectivity index (χ3n) is 7.03. The lowest BCUT2D eigenvalue weighted by Crippen LogP contribution is -2.33. The van der Waals surface area contributed by atoms with Crippen LogP contribution in [0, 0.1) is 0 Å². The van der Waals surface area contributed by atoms with Gasteiger partial charge in [0.1, 0.15) is 30.4 Å². The van der Waals surface area contributed by atoms with Crippen LogP contribution in [0.4, 0.5) is 17.5 Å². The van der Waals surface area contributed by atoms with Crippen molar-refractivity contribution in [2.24, 2.45) is 0 Å². The molecule has 0 amide bonds. The summed E-state index contributed by atoms with van der Waals surface area (Å²) in [4.78, 5) is 25.7. The van der Waals surface area contributed by atoms with Crippen LogP contribution in [0.5, 0.6) is 5.75 Å². The van der Waals surface area contributed by atoms with Crippen LogP contribution in [0.15, 0.2) is 54.9 Å². The largest absolute Gasteiger partial charge is 0.491 e. The molecule has 1 aliphatic rings. The number of nitrogens with two attached hydrogens (primary N) is 1. The van der Waals surface area contributed by atoms with E-state index in [2.05, 4.69) is 15.0 Å². The lowest BCUT2D eigenvalue weighted by Gasteiger charge is -2.26. The minimum absolute atomic E-state index is 0.0526. The second kappa shape index (κ2) is 12.1. The van der Waals surface area contributed by atoms with Crippen molar-refractivity contribution in [3.05, 3.63) is 54.9 Å². The van der Waals surface area contributed by atoms with Gasteiger partial charge in [-0.05, 0) is 36.1 Å². The highest BCUT2D eigenvalue weighted by molar-refractivity contribution is 5.85. The molecular weight excluding hydrogens is 532 g/mol. The first-order valence-corrected chi connectivity index (χ1v) is 13.2. The predicted octanol–water partition coefficient (Wildman–Crippen LogP) is 2.09. The fourth-order valence-corrected chi connectivity index (χ4v) is 4.86. The van der Waals surface area contributed by atoms with Crippen molar-refractivity contribution in [2.45, 2.75) is 43.8 Å². The summed E-state index contributed by atoms with van der Waals surface area (Å²) in [5, 5.41) is 40.0. The van der Waals surface area contributed by atoms with Crippen LogP contribution in [0.3, 0.4) is 0 Å². The number of nitrogen functional groups attached to an aromatic ring is 1. The van der Waals surface area contributed by atoms with Gasteiger partial charge in [-0.3, -0.25) is 9.36 Å². The van der Waals surface area contributed by atoms with Gasteiger partial charge in [-0.15, -0.1) is 0 Å². The molecule has 0 saturated carbocycles. The number of anilines is 3. The number of rotatable bonds is 11. The Balaban J connectivity index is 1.57. The number of imidazole rings is 1. The quantitative estimate of drug-likeness (QED) is 0.167. The number of benzene rings is 2. The number of carbonyl (C=O) groups is 1. The SMILES string of the molecule is CN(c1ccc(-c2ccccc2)cc1OCCCCC(=O)O)c1nc2c(N)ncnc2n1[C@@H]1O[C@H](CO)[C@@H](O)[C@H]1O. The van der Waals surface area contributed by atoms with Crippen molar-refractivity contribution in [1.29, 1.82) is 0 Å². The summed E-state index contributed by atoms with van der Waals surface area (Å²) in [7, 11) is 1.75. The number of carboxylic acid groups (broad SMARTS) is 1. The normalized spacial score (nSPS) is 20.4. The summed E-state index contributed by atoms with van der Waals surface area (Å²) in [6.45, 7) is -0.208. The average molecular weight is 565 g/mol. The maximum atomic E-state index is 10.9.